The van der Waals surface area contributed by atoms with Gasteiger partial charge in [0.05, 0.1) is 12.7 Å². The summed E-state index contributed by atoms with van der Waals surface area (Å²) in [5, 5.41) is 10.4. The fraction of sp³-hybridized carbons (Fsp3) is 0.200. The van der Waals surface area contributed by atoms with Crippen LogP contribution < -0.4 is 11.1 Å². The third kappa shape index (κ3) is 2.77. The smallest absolute Gasteiger partial charge is 0.269 e. The highest BCUT2D eigenvalue weighted by molar-refractivity contribution is 5.90. The SMILES string of the molecule is Cc1cnc(CNc2ccc(C(N)=O)nn2)o1. The summed E-state index contributed by atoms with van der Waals surface area (Å²) in [4.78, 5) is 14.8. The second kappa shape index (κ2) is 4.60. The molecule has 0 unspecified atom stereocenters. The third-order valence-corrected chi connectivity index (χ3v) is 2.01. The van der Waals surface area contributed by atoms with Gasteiger partial charge in [0, 0.05) is 0 Å². The van der Waals surface area contributed by atoms with E-state index in [4.69, 9.17) is 10.2 Å². The van der Waals surface area contributed by atoms with Crippen molar-refractivity contribution in [3.63, 3.8) is 0 Å². The number of hydrogen-bond donors (Lipinski definition) is 2. The Hall–Kier alpha value is -2.44. The lowest BCUT2D eigenvalue weighted by atomic mass is 10.4. The fourth-order valence-corrected chi connectivity index (χ4v) is 1.21. The molecule has 3 N–H and O–H groups in total. The number of aromatic nitrogens is 3. The zero-order chi connectivity index (χ0) is 12.3. The van der Waals surface area contributed by atoms with Gasteiger partial charge in [-0.05, 0) is 19.1 Å². The van der Waals surface area contributed by atoms with E-state index < -0.39 is 5.91 Å². The van der Waals surface area contributed by atoms with Crippen molar-refractivity contribution in [1.29, 1.82) is 0 Å². The quantitative estimate of drug-likeness (QED) is 0.795. The van der Waals surface area contributed by atoms with Gasteiger partial charge in [-0.2, -0.15) is 0 Å². The summed E-state index contributed by atoms with van der Waals surface area (Å²) in [5.74, 6) is 1.22. The van der Waals surface area contributed by atoms with Crippen LogP contribution >= 0.6 is 0 Å². The van der Waals surface area contributed by atoms with Gasteiger partial charge >= 0.3 is 0 Å². The minimum atomic E-state index is -0.604. The summed E-state index contributed by atoms with van der Waals surface area (Å²) < 4.78 is 5.27. The van der Waals surface area contributed by atoms with Gasteiger partial charge < -0.3 is 15.5 Å². The second-order valence-corrected chi connectivity index (χ2v) is 3.39. The normalized spacial score (nSPS) is 10.2. The number of carbonyl (C=O) groups excluding carboxylic acids is 1. The lowest BCUT2D eigenvalue weighted by molar-refractivity contribution is 0.0994. The summed E-state index contributed by atoms with van der Waals surface area (Å²) in [7, 11) is 0. The number of nitrogens with zero attached hydrogens (tertiary/aromatic N) is 3. The summed E-state index contributed by atoms with van der Waals surface area (Å²) in [6.45, 7) is 2.22. The molecule has 0 bridgehead atoms. The Labute approximate surface area is 97.1 Å². The van der Waals surface area contributed by atoms with Crippen molar-refractivity contribution in [1.82, 2.24) is 15.2 Å². The average Bonchev–Trinajstić information content (AvgIpc) is 2.73. The number of primary amides is 1. The molecule has 7 nitrogen and oxygen atoms in total. The van der Waals surface area contributed by atoms with Gasteiger partial charge in [-0.1, -0.05) is 0 Å². The lowest BCUT2D eigenvalue weighted by Crippen LogP contribution is -2.14. The van der Waals surface area contributed by atoms with Gasteiger partial charge in [0.2, 0.25) is 5.89 Å². The molecule has 2 heterocycles. The van der Waals surface area contributed by atoms with Crippen molar-refractivity contribution >= 4 is 11.7 Å². The Bertz CT molecular complexity index is 520. The van der Waals surface area contributed by atoms with Gasteiger partial charge in [0.25, 0.3) is 5.91 Å². The van der Waals surface area contributed by atoms with Crippen LogP contribution in [0.25, 0.3) is 0 Å². The summed E-state index contributed by atoms with van der Waals surface area (Å²) in [6, 6.07) is 3.11. The first-order valence-corrected chi connectivity index (χ1v) is 4.94. The third-order valence-electron chi connectivity index (χ3n) is 2.01. The predicted octanol–water partition coefficient (Wildman–Crippen LogP) is 0.484. The molecule has 0 fully saturated rings. The Morgan fingerprint density at radius 1 is 1.47 bits per heavy atom. The number of nitrogens with one attached hydrogen (secondary N) is 1. The molecular weight excluding hydrogens is 222 g/mol. The number of oxazole rings is 1. The molecule has 0 aliphatic heterocycles. The number of anilines is 1. The molecule has 0 radical (unpaired) electrons. The molecule has 2 aromatic heterocycles. The molecule has 0 aliphatic rings. The second-order valence-electron chi connectivity index (χ2n) is 3.39. The van der Waals surface area contributed by atoms with Crippen LogP contribution in [0.15, 0.2) is 22.7 Å². The van der Waals surface area contributed by atoms with Crippen LogP contribution in [-0.4, -0.2) is 21.1 Å². The Kier molecular flexibility index (Phi) is 2.99. The maximum Gasteiger partial charge on any atom is 0.269 e. The number of nitrogens with two attached hydrogens (primary N) is 1. The summed E-state index contributed by atoms with van der Waals surface area (Å²) in [6.07, 6.45) is 1.64. The highest BCUT2D eigenvalue weighted by Crippen LogP contribution is 2.06. The van der Waals surface area contributed by atoms with Gasteiger partial charge in [0.1, 0.15) is 11.6 Å². The van der Waals surface area contributed by atoms with Crippen LogP contribution in [0.5, 0.6) is 0 Å². The Morgan fingerprint density at radius 2 is 2.29 bits per heavy atom. The summed E-state index contributed by atoms with van der Waals surface area (Å²) >= 11 is 0. The maximum absolute atomic E-state index is 10.8. The number of rotatable bonds is 4. The van der Waals surface area contributed by atoms with E-state index in [2.05, 4.69) is 20.5 Å². The predicted molar refractivity (Wildman–Crippen MR) is 59.1 cm³/mol. The minimum Gasteiger partial charge on any atom is -0.444 e. The topological polar surface area (TPSA) is 107 Å². The molecule has 0 aromatic carbocycles. The molecule has 0 saturated heterocycles. The molecular formula is C10H11N5O2. The van der Waals surface area contributed by atoms with Crippen molar-refractivity contribution in [2.45, 2.75) is 13.5 Å². The maximum atomic E-state index is 10.8. The molecule has 2 rings (SSSR count). The number of amides is 1. The van der Waals surface area contributed by atoms with Crippen LogP contribution in [0.3, 0.4) is 0 Å². The van der Waals surface area contributed by atoms with Crippen molar-refractivity contribution in [2.75, 3.05) is 5.32 Å². The Morgan fingerprint density at radius 3 is 2.82 bits per heavy atom. The number of carbonyl (C=O) groups is 1. The van der Waals surface area contributed by atoms with Gasteiger partial charge in [-0.15, -0.1) is 10.2 Å². The van der Waals surface area contributed by atoms with E-state index in [9.17, 15) is 4.79 Å². The van der Waals surface area contributed by atoms with Crippen molar-refractivity contribution in [2.24, 2.45) is 5.73 Å². The Balaban J connectivity index is 1.97. The molecule has 17 heavy (non-hydrogen) atoms. The number of hydrogen-bond acceptors (Lipinski definition) is 6. The van der Waals surface area contributed by atoms with E-state index in [0.29, 0.717) is 18.3 Å². The van der Waals surface area contributed by atoms with E-state index in [1.807, 2.05) is 6.92 Å². The largest absolute Gasteiger partial charge is 0.444 e. The molecule has 0 atom stereocenters. The van der Waals surface area contributed by atoms with Gasteiger partial charge in [0.15, 0.2) is 5.69 Å². The van der Waals surface area contributed by atoms with Crippen LogP contribution in [0.2, 0.25) is 0 Å². The molecule has 1 amide bonds. The first-order chi connectivity index (χ1) is 8.15. The zero-order valence-electron chi connectivity index (χ0n) is 9.17. The van der Waals surface area contributed by atoms with Crippen molar-refractivity contribution in [3.8, 4) is 0 Å². The van der Waals surface area contributed by atoms with E-state index in [-0.39, 0.29) is 5.69 Å². The molecule has 7 heteroatoms. The zero-order valence-corrected chi connectivity index (χ0v) is 9.17. The fourth-order valence-electron chi connectivity index (χ4n) is 1.21. The van der Waals surface area contributed by atoms with Crippen LogP contribution in [0.1, 0.15) is 22.1 Å². The van der Waals surface area contributed by atoms with E-state index in [1.165, 1.54) is 6.07 Å². The van der Waals surface area contributed by atoms with Crippen LogP contribution in [0.4, 0.5) is 5.82 Å². The van der Waals surface area contributed by atoms with E-state index in [0.717, 1.165) is 5.76 Å². The number of aryl methyl sites for hydroxylation is 1. The highest BCUT2D eigenvalue weighted by atomic mass is 16.4. The first-order valence-electron chi connectivity index (χ1n) is 4.94. The monoisotopic (exact) mass is 233 g/mol. The van der Waals surface area contributed by atoms with Crippen LogP contribution in [-0.2, 0) is 6.54 Å². The van der Waals surface area contributed by atoms with Crippen molar-refractivity contribution in [3.05, 3.63) is 35.7 Å². The summed E-state index contributed by atoms with van der Waals surface area (Å²) in [5.41, 5.74) is 5.17. The average molecular weight is 233 g/mol. The van der Waals surface area contributed by atoms with E-state index in [1.54, 1.807) is 12.3 Å². The molecule has 0 spiro atoms. The molecule has 2 aromatic rings. The lowest BCUT2D eigenvalue weighted by Gasteiger charge is -2.01. The molecule has 88 valence electrons. The minimum absolute atomic E-state index is 0.127. The highest BCUT2D eigenvalue weighted by Gasteiger charge is 2.04. The standard InChI is InChI=1S/C10H11N5O2/c1-6-4-13-9(17-6)5-12-8-3-2-7(10(11)16)14-15-8/h2-4H,5H2,1H3,(H2,11,16)(H,12,15). The molecule has 0 aliphatic carbocycles. The van der Waals surface area contributed by atoms with Crippen LogP contribution in [0, 0.1) is 6.92 Å². The first kappa shape index (κ1) is 11.1. The van der Waals surface area contributed by atoms with Crippen molar-refractivity contribution < 1.29 is 9.21 Å². The van der Waals surface area contributed by atoms with Gasteiger partial charge in [-0.25, -0.2) is 4.98 Å². The van der Waals surface area contributed by atoms with E-state index >= 15 is 0 Å². The molecule has 0 saturated carbocycles. The van der Waals surface area contributed by atoms with Gasteiger partial charge in [-0.3, -0.25) is 4.79 Å².